The molecule has 0 heterocycles. The molecule has 1 aromatic rings. The zero-order chi connectivity index (χ0) is 18.8. The van der Waals surface area contributed by atoms with Gasteiger partial charge in [0.2, 0.25) is 0 Å². The van der Waals surface area contributed by atoms with Crippen molar-refractivity contribution >= 4 is 29.6 Å². The van der Waals surface area contributed by atoms with Crippen LogP contribution in [0.25, 0.3) is 0 Å². The summed E-state index contributed by atoms with van der Waals surface area (Å²) in [7, 11) is 0. The fourth-order valence-corrected chi connectivity index (χ4v) is 2.41. The third-order valence-electron chi connectivity index (χ3n) is 3.27. The lowest BCUT2D eigenvalue weighted by molar-refractivity contribution is -0.130. The molecule has 8 nitrogen and oxygen atoms in total. The Kier molecular flexibility index (Phi) is 8.62. The molecule has 0 aliphatic heterocycles. The van der Waals surface area contributed by atoms with E-state index in [2.05, 4.69) is 16.2 Å². The average molecular weight is 368 g/mol. The maximum atomic E-state index is 12.0. The number of carbonyl (C=O) groups is 3. The molecule has 0 unspecified atom stereocenters. The summed E-state index contributed by atoms with van der Waals surface area (Å²) >= 11 is 1.53. The number of nitrogens with one attached hydrogen (secondary N) is 3. The lowest BCUT2D eigenvalue weighted by Gasteiger charge is -2.17. The van der Waals surface area contributed by atoms with Crippen LogP contribution in [0.1, 0.15) is 17.5 Å². The summed E-state index contributed by atoms with van der Waals surface area (Å²) < 4.78 is 5.45. The van der Waals surface area contributed by atoms with Crippen LogP contribution in [0.5, 0.6) is 5.75 Å². The molecular formula is C16H24N4O4S. The van der Waals surface area contributed by atoms with Crippen LogP contribution in [-0.4, -0.2) is 42.5 Å². The molecule has 0 aliphatic rings. The number of hydrogen-bond donors (Lipinski definition) is 4. The molecule has 0 bridgehead atoms. The van der Waals surface area contributed by atoms with Gasteiger partial charge in [-0.05, 0) is 49.5 Å². The van der Waals surface area contributed by atoms with Crippen LogP contribution in [0.4, 0.5) is 4.79 Å². The minimum atomic E-state index is -0.815. The fourth-order valence-electron chi connectivity index (χ4n) is 1.94. The van der Waals surface area contributed by atoms with E-state index in [-0.39, 0.29) is 6.61 Å². The van der Waals surface area contributed by atoms with Crippen LogP contribution in [-0.2, 0) is 9.59 Å². The van der Waals surface area contributed by atoms with Gasteiger partial charge in [0.1, 0.15) is 11.8 Å². The van der Waals surface area contributed by atoms with Crippen molar-refractivity contribution in [2.45, 2.75) is 26.3 Å². The predicted molar refractivity (Wildman–Crippen MR) is 97.2 cm³/mol. The van der Waals surface area contributed by atoms with Crippen LogP contribution in [0.15, 0.2) is 18.2 Å². The van der Waals surface area contributed by atoms with Gasteiger partial charge in [0.25, 0.3) is 11.8 Å². The van der Waals surface area contributed by atoms with E-state index in [1.165, 1.54) is 11.8 Å². The van der Waals surface area contributed by atoms with Crippen LogP contribution in [0.3, 0.4) is 0 Å². The number of rotatable bonds is 8. The number of thioether (sulfide) groups is 1. The van der Waals surface area contributed by atoms with Gasteiger partial charge in [-0.25, -0.2) is 4.79 Å². The Morgan fingerprint density at radius 3 is 2.60 bits per heavy atom. The van der Waals surface area contributed by atoms with Crippen molar-refractivity contribution in [2.24, 2.45) is 5.73 Å². The summed E-state index contributed by atoms with van der Waals surface area (Å²) in [6.45, 7) is 3.55. The van der Waals surface area contributed by atoms with E-state index in [1.54, 1.807) is 0 Å². The molecule has 0 aliphatic carbocycles. The number of amides is 4. The highest BCUT2D eigenvalue weighted by Crippen LogP contribution is 2.18. The van der Waals surface area contributed by atoms with Crippen molar-refractivity contribution in [3.8, 4) is 5.75 Å². The zero-order valence-corrected chi connectivity index (χ0v) is 15.4. The first-order chi connectivity index (χ1) is 11.8. The van der Waals surface area contributed by atoms with Gasteiger partial charge in [0.05, 0.1) is 0 Å². The van der Waals surface area contributed by atoms with E-state index in [9.17, 15) is 14.4 Å². The maximum Gasteiger partial charge on any atom is 0.312 e. The van der Waals surface area contributed by atoms with Gasteiger partial charge in [0, 0.05) is 0 Å². The number of hydrazine groups is 1. The van der Waals surface area contributed by atoms with Gasteiger partial charge in [-0.3, -0.25) is 20.4 Å². The number of ether oxygens (including phenoxy) is 1. The van der Waals surface area contributed by atoms with Gasteiger partial charge in [0.15, 0.2) is 6.61 Å². The third-order valence-corrected chi connectivity index (χ3v) is 3.92. The summed E-state index contributed by atoms with van der Waals surface area (Å²) in [5.74, 6) is 0.196. The van der Waals surface area contributed by atoms with E-state index in [4.69, 9.17) is 10.5 Å². The monoisotopic (exact) mass is 368 g/mol. The molecule has 1 aromatic carbocycles. The lowest BCUT2D eigenvalue weighted by atomic mass is 10.1. The summed E-state index contributed by atoms with van der Waals surface area (Å²) in [6, 6.07) is 4.06. The molecule has 0 saturated heterocycles. The maximum absolute atomic E-state index is 12.0. The summed E-state index contributed by atoms with van der Waals surface area (Å²) in [5, 5.41) is 2.34. The second-order valence-corrected chi connectivity index (χ2v) is 6.42. The molecule has 1 atom stereocenters. The van der Waals surface area contributed by atoms with Crippen molar-refractivity contribution < 1.29 is 19.1 Å². The van der Waals surface area contributed by atoms with Gasteiger partial charge >= 0.3 is 6.03 Å². The highest BCUT2D eigenvalue weighted by atomic mass is 32.2. The Morgan fingerprint density at radius 1 is 1.24 bits per heavy atom. The minimum Gasteiger partial charge on any atom is -0.483 e. The smallest absolute Gasteiger partial charge is 0.312 e. The zero-order valence-electron chi connectivity index (χ0n) is 14.5. The number of urea groups is 1. The molecule has 0 aromatic heterocycles. The fraction of sp³-hybridized carbons (Fsp3) is 0.438. The van der Waals surface area contributed by atoms with Crippen molar-refractivity contribution in [1.29, 1.82) is 0 Å². The Bertz CT molecular complexity index is 624. The van der Waals surface area contributed by atoms with E-state index in [0.717, 1.165) is 11.1 Å². The third kappa shape index (κ3) is 7.79. The van der Waals surface area contributed by atoms with Crippen molar-refractivity contribution in [1.82, 2.24) is 16.2 Å². The number of nitrogens with two attached hydrogens (primary N) is 1. The molecule has 0 radical (unpaired) electrons. The van der Waals surface area contributed by atoms with E-state index in [0.29, 0.717) is 17.9 Å². The van der Waals surface area contributed by atoms with Crippen LogP contribution in [0.2, 0.25) is 0 Å². The van der Waals surface area contributed by atoms with Gasteiger partial charge < -0.3 is 15.8 Å². The molecule has 138 valence electrons. The molecule has 0 fully saturated rings. The van der Waals surface area contributed by atoms with Crippen molar-refractivity contribution in [3.63, 3.8) is 0 Å². The molecule has 9 heteroatoms. The van der Waals surface area contributed by atoms with Crippen LogP contribution < -0.4 is 26.6 Å². The number of carbonyl (C=O) groups excluding carboxylic acids is 3. The Balaban J connectivity index is 2.46. The minimum absolute atomic E-state index is 0.247. The topological polar surface area (TPSA) is 123 Å². The Labute approximate surface area is 151 Å². The molecule has 25 heavy (non-hydrogen) atoms. The molecular weight excluding hydrogens is 344 g/mol. The number of aryl methyl sites for hydroxylation is 2. The normalized spacial score (nSPS) is 11.3. The van der Waals surface area contributed by atoms with Crippen molar-refractivity contribution in [3.05, 3.63) is 29.3 Å². The summed E-state index contributed by atoms with van der Waals surface area (Å²) in [4.78, 5) is 34.8. The molecule has 0 spiro atoms. The summed E-state index contributed by atoms with van der Waals surface area (Å²) in [6.07, 6.45) is 2.27. The molecule has 5 N–H and O–H groups in total. The van der Waals surface area contributed by atoms with E-state index < -0.39 is 23.9 Å². The SMILES string of the molecule is CSCC[C@@H](NC(N)=O)C(=O)NNC(=O)COc1cc(C)ccc1C. The van der Waals surface area contributed by atoms with Gasteiger partial charge in [-0.2, -0.15) is 11.8 Å². The van der Waals surface area contributed by atoms with Crippen molar-refractivity contribution in [2.75, 3.05) is 18.6 Å². The number of primary amides is 1. The standard InChI is InChI=1S/C16H24N4O4S/c1-10-4-5-11(2)13(8-10)24-9-14(21)19-20-15(22)12(6-7-25-3)18-16(17)23/h4-5,8,12H,6-7,9H2,1-3H3,(H,19,21)(H,20,22)(H3,17,18,23)/t12-/m1/s1. The summed E-state index contributed by atoms with van der Waals surface area (Å²) in [5.41, 5.74) is 11.5. The lowest BCUT2D eigenvalue weighted by Crippen LogP contribution is -2.54. The first kappa shape index (κ1) is 20.6. The Hall–Kier alpha value is -2.42. The number of hydrogen-bond acceptors (Lipinski definition) is 5. The largest absolute Gasteiger partial charge is 0.483 e. The first-order valence-corrected chi connectivity index (χ1v) is 9.06. The molecule has 4 amide bonds. The van der Waals surface area contributed by atoms with E-state index in [1.807, 2.05) is 38.3 Å². The molecule has 0 saturated carbocycles. The van der Waals surface area contributed by atoms with Crippen LogP contribution >= 0.6 is 11.8 Å². The van der Waals surface area contributed by atoms with Gasteiger partial charge in [-0.15, -0.1) is 0 Å². The van der Waals surface area contributed by atoms with Crippen LogP contribution in [0, 0.1) is 13.8 Å². The highest BCUT2D eigenvalue weighted by molar-refractivity contribution is 7.98. The van der Waals surface area contributed by atoms with Gasteiger partial charge in [-0.1, -0.05) is 12.1 Å². The van der Waals surface area contributed by atoms with E-state index >= 15 is 0 Å². The second kappa shape index (κ2) is 10.4. The Morgan fingerprint density at radius 2 is 1.96 bits per heavy atom. The first-order valence-electron chi connectivity index (χ1n) is 7.67. The average Bonchev–Trinajstić information content (AvgIpc) is 2.56. The second-order valence-electron chi connectivity index (χ2n) is 5.44. The predicted octanol–water partition coefficient (Wildman–Crippen LogP) is 0.620. The molecule has 1 rings (SSSR count). The number of benzene rings is 1. The quantitative estimate of drug-likeness (QED) is 0.501. The highest BCUT2D eigenvalue weighted by Gasteiger charge is 2.19.